The number of esters is 1. The Morgan fingerprint density at radius 1 is 1.19 bits per heavy atom. The monoisotopic (exact) mass is 379 g/mol. The summed E-state index contributed by atoms with van der Waals surface area (Å²) in [5.41, 5.74) is 2.91. The van der Waals surface area contributed by atoms with Gasteiger partial charge in [-0.25, -0.2) is 13.2 Å². The van der Waals surface area contributed by atoms with E-state index in [1.54, 1.807) is 13.1 Å². The maximum Gasteiger partial charge on any atom is 0.338 e. The first-order valence-electron chi connectivity index (χ1n) is 9.07. The highest BCUT2D eigenvalue weighted by Crippen LogP contribution is 2.23. The van der Waals surface area contributed by atoms with E-state index in [-0.39, 0.29) is 23.5 Å². The predicted octanol–water partition coefficient (Wildman–Crippen LogP) is 1.76. The first kappa shape index (κ1) is 18.9. The van der Waals surface area contributed by atoms with Gasteiger partial charge in [-0.05, 0) is 62.3 Å². The molecule has 0 spiro atoms. The number of benzene rings is 1. The molecule has 1 aliphatic carbocycles. The second-order valence-electron chi connectivity index (χ2n) is 7.24. The molecule has 1 aromatic carbocycles. The zero-order valence-electron chi connectivity index (χ0n) is 15.2. The van der Waals surface area contributed by atoms with Gasteiger partial charge in [0.05, 0.1) is 17.1 Å². The molecule has 0 N–H and O–H groups in total. The van der Waals surface area contributed by atoms with Crippen molar-refractivity contribution in [1.82, 2.24) is 4.90 Å². The number of sulfone groups is 1. The van der Waals surface area contributed by atoms with Gasteiger partial charge in [-0.2, -0.15) is 0 Å². The van der Waals surface area contributed by atoms with Crippen LogP contribution in [-0.4, -0.2) is 55.9 Å². The maximum atomic E-state index is 12.5. The molecule has 1 fully saturated rings. The lowest BCUT2D eigenvalue weighted by Crippen LogP contribution is -2.44. The Morgan fingerprint density at radius 2 is 1.88 bits per heavy atom. The van der Waals surface area contributed by atoms with Crippen LogP contribution in [0.2, 0.25) is 0 Å². The predicted molar refractivity (Wildman–Crippen MR) is 97.8 cm³/mol. The molecule has 7 heteroatoms. The minimum Gasteiger partial charge on any atom is -0.449 e. The van der Waals surface area contributed by atoms with Crippen molar-refractivity contribution in [2.24, 2.45) is 0 Å². The van der Waals surface area contributed by atoms with E-state index in [4.69, 9.17) is 4.74 Å². The molecule has 1 amide bonds. The quantitative estimate of drug-likeness (QED) is 0.745. The fourth-order valence-electron chi connectivity index (χ4n) is 3.69. The van der Waals surface area contributed by atoms with Crippen molar-refractivity contribution >= 4 is 21.7 Å². The van der Waals surface area contributed by atoms with E-state index in [9.17, 15) is 18.0 Å². The first-order chi connectivity index (χ1) is 12.3. The molecular weight excluding hydrogens is 354 g/mol. The van der Waals surface area contributed by atoms with Gasteiger partial charge in [-0.3, -0.25) is 4.79 Å². The highest BCUT2D eigenvalue weighted by molar-refractivity contribution is 7.91. The summed E-state index contributed by atoms with van der Waals surface area (Å²) in [6.45, 7) is 1.53. The Hall–Kier alpha value is -1.89. The van der Waals surface area contributed by atoms with Crippen molar-refractivity contribution < 1.29 is 22.7 Å². The van der Waals surface area contributed by atoms with E-state index >= 15 is 0 Å². The lowest BCUT2D eigenvalue weighted by atomic mass is 9.90. The van der Waals surface area contributed by atoms with Crippen LogP contribution in [-0.2, 0) is 32.2 Å². The standard InChI is InChI=1S/C19H25NO5S/c1-13(18(21)20(2)17-9-10-26(23,24)12-17)25-19(22)16-8-7-14-5-3-4-6-15(14)11-16/h7-8,11,13,17H,3-6,9-10,12H2,1-2H3/t13-,17-/m0/s1. The van der Waals surface area contributed by atoms with E-state index in [2.05, 4.69) is 0 Å². The second-order valence-corrected chi connectivity index (χ2v) is 9.47. The van der Waals surface area contributed by atoms with E-state index in [1.807, 2.05) is 12.1 Å². The summed E-state index contributed by atoms with van der Waals surface area (Å²) in [7, 11) is -1.51. The summed E-state index contributed by atoms with van der Waals surface area (Å²) in [4.78, 5) is 26.3. The van der Waals surface area contributed by atoms with Crippen LogP contribution < -0.4 is 0 Å². The van der Waals surface area contributed by atoms with Gasteiger partial charge >= 0.3 is 5.97 Å². The average Bonchev–Trinajstić information content (AvgIpc) is 2.99. The number of carbonyl (C=O) groups is 2. The molecule has 0 unspecified atom stereocenters. The van der Waals surface area contributed by atoms with Crippen molar-refractivity contribution in [3.05, 3.63) is 34.9 Å². The summed E-state index contributed by atoms with van der Waals surface area (Å²) < 4.78 is 28.5. The van der Waals surface area contributed by atoms with Gasteiger partial charge in [0.1, 0.15) is 0 Å². The minimum absolute atomic E-state index is 0.0271. The number of carbonyl (C=O) groups excluding carboxylic acids is 2. The van der Waals surface area contributed by atoms with Gasteiger partial charge in [-0.1, -0.05) is 6.07 Å². The van der Waals surface area contributed by atoms with Crippen molar-refractivity contribution in [3.63, 3.8) is 0 Å². The topological polar surface area (TPSA) is 80.8 Å². The van der Waals surface area contributed by atoms with Crippen LogP contribution >= 0.6 is 0 Å². The molecule has 0 bridgehead atoms. The summed E-state index contributed by atoms with van der Waals surface area (Å²) in [5.74, 6) is -0.829. The summed E-state index contributed by atoms with van der Waals surface area (Å²) >= 11 is 0. The third-order valence-electron chi connectivity index (χ3n) is 5.32. The van der Waals surface area contributed by atoms with Crippen LogP contribution in [0.4, 0.5) is 0 Å². The lowest BCUT2D eigenvalue weighted by Gasteiger charge is -2.26. The van der Waals surface area contributed by atoms with Crippen LogP contribution in [0.5, 0.6) is 0 Å². The number of aryl methyl sites for hydroxylation is 2. The van der Waals surface area contributed by atoms with Crippen molar-refractivity contribution in [1.29, 1.82) is 0 Å². The fourth-order valence-corrected chi connectivity index (χ4v) is 5.46. The van der Waals surface area contributed by atoms with E-state index in [0.29, 0.717) is 12.0 Å². The van der Waals surface area contributed by atoms with Crippen LogP contribution in [0.1, 0.15) is 47.7 Å². The molecule has 2 aliphatic rings. The Kier molecular flexibility index (Phi) is 5.37. The molecule has 3 rings (SSSR count). The first-order valence-corrected chi connectivity index (χ1v) is 10.9. The smallest absolute Gasteiger partial charge is 0.338 e. The van der Waals surface area contributed by atoms with Crippen LogP contribution in [0.15, 0.2) is 18.2 Å². The Balaban J connectivity index is 1.62. The zero-order chi connectivity index (χ0) is 18.9. The van der Waals surface area contributed by atoms with E-state index in [1.165, 1.54) is 29.4 Å². The molecule has 1 aromatic rings. The van der Waals surface area contributed by atoms with Crippen LogP contribution in [0.25, 0.3) is 0 Å². The molecule has 26 heavy (non-hydrogen) atoms. The normalized spacial score (nSPS) is 22.3. The number of fused-ring (bicyclic) bond motifs is 1. The molecule has 0 radical (unpaired) electrons. The molecular formula is C19H25NO5S. The highest BCUT2D eigenvalue weighted by atomic mass is 32.2. The Labute approximate surface area is 154 Å². The number of ether oxygens (including phenoxy) is 1. The van der Waals surface area contributed by atoms with E-state index < -0.39 is 21.9 Å². The SMILES string of the molecule is C[C@H](OC(=O)c1ccc2c(c1)CCCC2)C(=O)N(C)[C@H]1CCS(=O)(=O)C1. The van der Waals surface area contributed by atoms with Gasteiger partial charge in [0.25, 0.3) is 5.91 Å². The summed E-state index contributed by atoms with van der Waals surface area (Å²) in [6.07, 6.45) is 3.77. The van der Waals surface area contributed by atoms with Gasteiger partial charge in [0.2, 0.25) is 0 Å². The van der Waals surface area contributed by atoms with Crippen molar-refractivity contribution in [3.8, 4) is 0 Å². The fraction of sp³-hybridized carbons (Fsp3) is 0.579. The average molecular weight is 379 g/mol. The minimum atomic E-state index is -3.08. The second kappa shape index (κ2) is 7.39. The van der Waals surface area contributed by atoms with Crippen molar-refractivity contribution in [2.45, 2.75) is 51.2 Å². The number of rotatable bonds is 4. The van der Waals surface area contributed by atoms with Gasteiger partial charge < -0.3 is 9.64 Å². The largest absolute Gasteiger partial charge is 0.449 e. The van der Waals surface area contributed by atoms with Crippen LogP contribution in [0, 0.1) is 0 Å². The van der Waals surface area contributed by atoms with Gasteiger partial charge in [-0.15, -0.1) is 0 Å². The van der Waals surface area contributed by atoms with Crippen molar-refractivity contribution in [2.75, 3.05) is 18.6 Å². The number of hydrogen-bond donors (Lipinski definition) is 0. The van der Waals surface area contributed by atoms with Gasteiger partial charge in [0.15, 0.2) is 15.9 Å². The molecule has 0 saturated carbocycles. The third-order valence-corrected chi connectivity index (χ3v) is 7.07. The van der Waals surface area contributed by atoms with Gasteiger partial charge in [0, 0.05) is 13.1 Å². The zero-order valence-corrected chi connectivity index (χ0v) is 16.0. The molecule has 1 saturated heterocycles. The molecule has 142 valence electrons. The number of amides is 1. The van der Waals surface area contributed by atoms with Crippen LogP contribution in [0.3, 0.4) is 0 Å². The number of likely N-dealkylation sites (N-methyl/N-ethyl adjacent to an activating group) is 1. The molecule has 0 aromatic heterocycles. The molecule has 1 heterocycles. The molecule has 1 aliphatic heterocycles. The summed E-state index contributed by atoms with van der Waals surface area (Å²) in [5, 5.41) is 0. The maximum absolute atomic E-state index is 12.5. The molecule has 2 atom stereocenters. The molecule has 6 nitrogen and oxygen atoms in total. The Morgan fingerprint density at radius 3 is 2.54 bits per heavy atom. The lowest BCUT2D eigenvalue weighted by molar-refractivity contribution is -0.140. The summed E-state index contributed by atoms with van der Waals surface area (Å²) in [6, 6.07) is 5.23. The third kappa shape index (κ3) is 4.09. The number of hydrogen-bond acceptors (Lipinski definition) is 5. The highest BCUT2D eigenvalue weighted by Gasteiger charge is 2.35. The van der Waals surface area contributed by atoms with E-state index in [0.717, 1.165) is 19.3 Å². The number of nitrogens with zero attached hydrogens (tertiary/aromatic N) is 1. The Bertz CT molecular complexity index is 817.